The molecule has 1 atom stereocenters. The standard InChI is InChI=1S/C16H20FN3O/c17-15-2-1-3-16(14(15)10-18)19-12-4-7-20(8-5-12)13-6-9-21-11-13/h1-3,12-13,19H,4-9,11H2. The molecule has 0 spiro atoms. The zero-order chi connectivity index (χ0) is 14.7. The summed E-state index contributed by atoms with van der Waals surface area (Å²) in [6, 6.07) is 7.56. The second-order valence-corrected chi connectivity index (χ2v) is 5.75. The minimum Gasteiger partial charge on any atom is -0.381 e. The van der Waals surface area contributed by atoms with Gasteiger partial charge >= 0.3 is 0 Å². The molecule has 2 aliphatic heterocycles. The molecule has 0 radical (unpaired) electrons. The number of anilines is 1. The van der Waals surface area contributed by atoms with Gasteiger partial charge in [-0.2, -0.15) is 5.26 Å². The summed E-state index contributed by atoms with van der Waals surface area (Å²) in [6.07, 6.45) is 3.15. The Kier molecular flexibility index (Phi) is 4.37. The number of hydrogen-bond acceptors (Lipinski definition) is 4. The van der Waals surface area contributed by atoms with E-state index in [1.165, 1.54) is 6.07 Å². The lowest BCUT2D eigenvalue weighted by molar-refractivity contribution is 0.124. The van der Waals surface area contributed by atoms with E-state index >= 15 is 0 Å². The molecule has 1 unspecified atom stereocenters. The second kappa shape index (κ2) is 6.42. The molecule has 4 nitrogen and oxygen atoms in total. The fraction of sp³-hybridized carbons (Fsp3) is 0.562. The van der Waals surface area contributed by atoms with Crippen LogP contribution < -0.4 is 5.32 Å². The lowest BCUT2D eigenvalue weighted by Gasteiger charge is -2.36. The average Bonchev–Trinajstić information content (AvgIpc) is 3.03. The maximum atomic E-state index is 13.6. The van der Waals surface area contributed by atoms with Crippen molar-refractivity contribution in [1.82, 2.24) is 4.90 Å². The van der Waals surface area contributed by atoms with Gasteiger partial charge in [0.05, 0.1) is 12.3 Å². The Morgan fingerprint density at radius 2 is 2.10 bits per heavy atom. The van der Waals surface area contributed by atoms with Gasteiger partial charge in [-0.05, 0) is 31.4 Å². The van der Waals surface area contributed by atoms with Crippen LogP contribution in [0, 0.1) is 17.1 Å². The molecule has 0 aromatic heterocycles. The number of hydrogen-bond donors (Lipinski definition) is 1. The van der Waals surface area contributed by atoms with Gasteiger partial charge in [-0.3, -0.25) is 4.90 Å². The third-order valence-electron chi connectivity index (χ3n) is 4.44. The summed E-state index contributed by atoms with van der Waals surface area (Å²) in [7, 11) is 0. The van der Waals surface area contributed by atoms with E-state index in [2.05, 4.69) is 10.2 Å². The summed E-state index contributed by atoms with van der Waals surface area (Å²) in [5, 5.41) is 12.4. The van der Waals surface area contributed by atoms with Crippen molar-refractivity contribution in [2.24, 2.45) is 0 Å². The van der Waals surface area contributed by atoms with Crippen molar-refractivity contribution in [3.8, 4) is 6.07 Å². The van der Waals surface area contributed by atoms with Crippen molar-refractivity contribution in [2.75, 3.05) is 31.6 Å². The Balaban J connectivity index is 1.58. The molecule has 5 heteroatoms. The van der Waals surface area contributed by atoms with Crippen LogP contribution in [0.15, 0.2) is 18.2 Å². The van der Waals surface area contributed by atoms with E-state index in [0.717, 1.165) is 45.6 Å². The van der Waals surface area contributed by atoms with Gasteiger partial charge in [0.15, 0.2) is 0 Å². The van der Waals surface area contributed by atoms with Gasteiger partial charge in [0.2, 0.25) is 0 Å². The first-order valence-electron chi connectivity index (χ1n) is 7.55. The summed E-state index contributed by atoms with van der Waals surface area (Å²) in [4.78, 5) is 2.49. The highest BCUT2D eigenvalue weighted by molar-refractivity contribution is 5.58. The first-order valence-corrected chi connectivity index (χ1v) is 7.55. The van der Waals surface area contributed by atoms with E-state index < -0.39 is 5.82 Å². The van der Waals surface area contributed by atoms with Crippen LogP contribution in [-0.4, -0.2) is 43.3 Å². The van der Waals surface area contributed by atoms with E-state index in [9.17, 15) is 4.39 Å². The number of halogens is 1. The predicted molar refractivity (Wildman–Crippen MR) is 78.6 cm³/mol. The molecular weight excluding hydrogens is 269 g/mol. The fourth-order valence-corrected chi connectivity index (χ4v) is 3.20. The molecule has 2 fully saturated rings. The van der Waals surface area contributed by atoms with E-state index in [0.29, 0.717) is 17.8 Å². The van der Waals surface area contributed by atoms with Crippen molar-refractivity contribution >= 4 is 5.69 Å². The highest BCUT2D eigenvalue weighted by Crippen LogP contribution is 2.24. The van der Waals surface area contributed by atoms with Crippen molar-refractivity contribution in [3.63, 3.8) is 0 Å². The molecular formula is C16H20FN3O. The van der Waals surface area contributed by atoms with Crippen LogP contribution in [0.5, 0.6) is 0 Å². The Bertz CT molecular complexity index is 529. The van der Waals surface area contributed by atoms with Crippen molar-refractivity contribution in [1.29, 1.82) is 5.26 Å². The Morgan fingerprint density at radius 3 is 2.76 bits per heavy atom. The molecule has 0 aliphatic carbocycles. The molecule has 0 bridgehead atoms. The van der Waals surface area contributed by atoms with Crippen LogP contribution in [0.1, 0.15) is 24.8 Å². The summed E-state index contributed by atoms with van der Waals surface area (Å²) in [5.74, 6) is -0.456. The third-order valence-corrected chi connectivity index (χ3v) is 4.44. The van der Waals surface area contributed by atoms with Crippen molar-refractivity contribution in [2.45, 2.75) is 31.3 Å². The van der Waals surface area contributed by atoms with Gasteiger partial charge in [-0.1, -0.05) is 6.07 Å². The Hall–Kier alpha value is -1.64. The van der Waals surface area contributed by atoms with Crippen LogP contribution in [-0.2, 0) is 4.74 Å². The maximum absolute atomic E-state index is 13.6. The molecule has 3 rings (SSSR count). The lowest BCUT2D eigenvalue weighted by Crippen LogP contribution is -2.44. The van der Waals surface area contributed by atoms with Crippen LogP contribution in [0.3, 0.4) is 0 Å². The molecule has 2 heterocycles. The van der Waals surface area contributed by atoms with Gasteiger partial charge in [0.25, 0.3) is 0 Å². The van der Waals surface area contributed by atoms with Crippen molar-refractivity contribution < 1.29 is 9.13 Å². The third kappa shape index (κ3) is 3.17. The highest BCUT2D eigenvalue weighted by atomic mass is 19.1. The number of likely N-dealkylation sites (tertiary alicyclic amines) is 1. The second-order valence-electron chi connectivity index (χ2n) is 5.75. The zero-order valence-corrected chi connectivity index (χ0v) is 12.0. The minimum absolute atomic E-state index is 0.115. The minimum atomic E-state index is -0.456. The largest absolute Gasteiger partial charge is 0.381 e. The normalized spacial score (nSPS) is 23.9. The SMILES string of the molecule is N#Cc1c(F)cccc1NC1CCN(C2CCOC2)CC1. The summed E-state index contributed by atoms with van der Waals surface area (Å²) in [6.45, 7) is 3.78. The monoisotopic (exact) mass is 289 g/mol. The lowest BCUT2D eigenvalue weighted by atomic mass is 10.0. The molecule has 1 N–H and O–H groups in total. The molecule has 1 aromatic rings. The Labute approximate surface area is 124 Å². The summed E-state index contributed by atoms with van der Waals surface area (Å²) < 4.78 is 19.0. The smallest absolute Gasteiger partial charge is 0.143 e. The number of ether oxygens (including phenoxy) is 1. The molecule has 21 heavy (non-hydrogen) atoms. The zero-order valence-electron chi connectivity index (χ0n) is 12.0. The molecule has 0 amide bonds. The Morgan fingerprint density at radius 1 is 1.29 bits per heavy atom. The number of nitriles is 1. The highest BCUT2D eigenvalue weighted by Gasteiger charge is 2.27. The molecule has 2 saturated heterocycles. The summed E-state index contributed by atoms with van der Waals surface area (Å²) in [5.41, 5.74) is 0.726. The first kappa shape index (κ1) is 14.3. The van der Waals surface area contributed by atoms with E-state index in [4.69, 9.17) is 10.00 Å². The van der Waals surface area contributed by atoms with Gasteiger partial charge in [0, 0.05) is 31.8 Å². The van der Waals surface area contributed by atoms with E-state index in [-0.39, 0.29) is 5.56 Å². The molecule has 112 valence electrons. The molecule has 2 aliphatic rings. The van der Waals surface area contributed by atoms with Crippen LogP contribution in [0.25, 0.3) is 0 Å². The number of rotatable bonds is 3. The van der Waals surface area contributed by atoms with Gasteiger partial charge in [-0.25, -0.2) is 4.39 Å². The number of piperidine rings is 1. The van der Waals surface area contributed by atoms with E-state index in [1.54, 1.807) is 12.1 Å². The van der Waals surface area contributed by atoms with Crippen molar-refractivity contribution in [3.05, 3.63) is 29.6 Å². The fourth-order valence-electron chi connectivity index (χ4n) is 3.20. The van der Waals surface area contributed by atoms with Crippen LogP contribution in [0.2, 0.25) is 0 Å². The molecule has 0 saturated carbocycles. The number of nitrogens with zero attached hydrogens (tertiary/aromatic N) is 2. The maximum Gasteiger partial charge on any atom is 0.143 e. The predicted octanol–water partition coefficient (Wildman–Crippen LogP) is 2.36. The average molecular weight is 289 g/mol. The van der Waals surface area contributed by atoms with Gasteiger partial charge in [-0.15, -0.1) is 0 Å². The van der Waals surface area contributed by atoms with Gasteiger partial charge in [0.1, 0.15) is 17.4 Å². The first-order chi connectivity index (χ1) is 10.3. The van der Waals surface area contributed by atoms with Crippen LogP contribution in [0.4, 0.5) is 10.1 Å². The summed E-state index contributed by atoms with van der Waals surface area (Å²) >= 11 is 0. The topological polar surface area (TPSA) is 48.3 Å². The van der Waals surface area contributed by atoms with Crippen LogP contribution >= 0.6 is 0 Å². The number of benzene rings is 1. The van der Waals surface area contributed by atoms with Gasteiger partial charge < -0.3 is 10.1 Å². The number of nitrogens with one attached hydrogen (secondary N) is 1. The molecule has 1 aromatic carbocycles. The van der Waals surface area contributed by atoms with E-state index in [1.807, 2.05) is 6.07 Å². The quantitative estimate of drug-likeness (QED) is 0.928.